The quantitative estimate of drug-likeness (QED) is 0.189. The molecule has 6 aromatic carbocycles. The fraction of sp³-hybridized carbons (Fsp3) is 0. The van der Waals surface area contributed by atoms with E-state index in [9.17, 15) is 0 Å². The molecule has 9 aromatic rings. The van der Waals surface area contributed by atoms with Crippen LogP contribution < -0.4 is 4.90 Å². The maximum absolute atomic E-state index is 4.41. The van der Waals surface area contributed by atoms with Gasteiger partial charge in [-0.2, -0.15) is 0 Å². The third-order valence-electron chi connectivity index (χ3n) is 8.97. The van der Waals surface area contributed by atoms with Crippen molar-refractivity contribution in [1.29, 1.82) is 0 Å². The average Bonchev–Trinajstić information content (AvgIpc) is 3.67. The van der Waals surface area contributed by atoms with Crippen molar-refractivity contribution in [2.24, 2.45) is 0 Å². The highest BCUT2D eigenvalue weighted by atomic mass is 15.2. The summed E-state index contributed by atoms with van der Waals surface area (Å²) in [4.78, 5) is 6.66. The maximum Gasteiger partial charge on any atom is 0.131 e. The van der Waals surface area contributed by atoms with E-state index in [0.717, 1.165) is 39.6 Å². The Morgan fingerprint density at radius 1 is 0.447 bits per heavy atom. The fourth-order valence-electron chi connectivity index (χ4n) is 7.00. The molecule has 0 fully saturated rings. The summed E-state index contributed by atoms with van der Waals surface area (Å²) >= 11 is 0. The highest BCUT2D eigenvalue weighted by molar-refractivity contribution is 6.24. The molecule has 0 N–H and O–H groups in total. The zero-order chi connectivity index (χ0) is 31.2. The number of hydrogen-bond donors (Lipinski definition) is 0. The monoisotopic (exact) mass is 602 g/mol. The molecule has 4 heteroatoms. The molecule has 0 aliphatic heterocycles. The zero-order valence-corrected chi connectivity index (χ0v) is 25.6. The number of fused-ring (bicyclic) bond motifs is 5. The molecule has 0 unspecified atom stereocenters. The summed E-state index contributed by atoms with van der Waals surface area (Å²) in [5, 5.41) is 3.74. The second kappa shape index (κ2) is 11.2. The van der Waals surface area contributed by atoms with Crippen LogP contribution >= 0.6 is 0 Å². The van der Waals surface area contributed by atoms with Crippen molar-refractivity contribution in [3.8, 4) is 22.5 Å². The zero-order valence-electron chi connectivity index (χ0n) is 25.6. The van der Waals surface area contributed by atoms with Gasteiger partial charge in [-0.25, -0.2) is 0 Å². The van der Waals surface area contributed by atoms with E-state index < -0.39 is 0 Å². The molecule has 0 saturated heterocycles. The molecule has 0 saturated carbocycles. The van der Waals surface area contributed by atoms with Crippen LogP contribution in [0.25, 0.3) is 55.3 Å². The van der Waals surface area contributed by atoms with Crippen LogP contribution in [0.1, 0.15) is 0 Å². The number of para-hydroxylation sites is 5. The predicted octanol–water partition coefficient (Wildman–Crippen LogP) is 11.3. The second-order valence-corrected chi connectivity index (χ2v) is 11.7. The molecule has 47 heavy (non-hydrogen) atoms. The van der Waals surface area contributed by atoms with Crippen LogP contribution in [0.2, 0.25) is 0 Å². The molecule has 0 atom stereocenters. The average molecular weight is 603 g/mol. The van der Waals surface area contributed by atoms with Crippen LogP contribution in [-0.2, 0) is 0 Å². The first-order valence-corrected chi connectivity index (χ1v) is 15.9. The summed E-state index contributed by atoms with van der Waals surface area (Å²) in [5.74, 6) is 0. The van der Waals surface area contributed by atoms with E-state index in [2.05, 4.69) is 177 Å². The number of rotatable bonds is 6. The normalized spacial score (nSPS) is 11.4. The lowest BCUT2D eigenvalue weighted by molar-refractivity contribution is 1.07. The van der Waals surface area contributed by atoms with Gasteiger partial charge in [-0.15, -0.1) is 0 Å². The maximum atomic E-state index is 4.41. The van der Waals surface area contributed by atoms with Gasteiger partial charge < -0.3 is 4.90 Å². The van der Waals surface area contributed by atoms with Crippen molar-refractivity contribution in [1.82, 2.24) is 14.1 Å². The van der Waals surface area contributed by atoms with Gasteiger partial charge in [-0.3, -0.25) is 14.1 Å². The Morgan fingerprint density at radius 2 is 1.04 bits per heavy atom. The number of anilines is 3. The van der Waals surface area contributed by atoms with Crippen molar-refractivity contribution >= 4 is 49.9 Å². The summed E-state index contributed by atoms with van der Waals surface area (Å²) in [5.41, 5.74) is 11.3. The van der Waals surface area contributed by atoms with Gasteiger partial charge in [0.25, 0.3) is 0 Å². The Balaban J connectivity index is 1.31. The molecule has 0 amide bonds. The third kappa shape index (κ3) is 4.42. The van der Waals surface area contributed by atoms with Crippen molar-refractivity contribution in [2.75, 3.05) is 4.90 Å². The number of pyridine rings is 1. The molecule has 0 aliphatic rings. The van der Waals surface area contributed by atoms with Crippen molar-refractivity contribution in [3.05, 3.63) is 182 Å². The van der Waals surface area contributed by atoms with Crippen molar-refractivity contribution in [2.45, 2.75) is 0 Å². The first-order chi connectivity index (χ1) is 23.4. The Hall–Kier alpha value is -6.39. The summed E-state index contributed by atoms with van der Waals surface area (Å²) in [7, 11) is 0. The van der Waals surface area contributed by atoms with Crippen LogP contribution in [0.4, 0.5) is 17.1 Å². The van der Waals surface area contributed by atoms with Crippen LogP contribution in [-0.4, -0.2) is 14.1 Å². The number of hydrogen-bond acceptors (Lipinski definition) is 2. The van der Waals surface area contributed by atoms with E-state index in [-0.39, 0.29) is 0 Å². The predicted molar refractivity (Wildman–Crippen MR) is 196 cm³/mol. The third-order valence-corrected chi connectivity index (χ3v) is 8.97. The van der Waals surface area contributed by atoms with E-state index in [1.165, 1.54) is 32.8 Å². The second-order valence-electron chi connectivity index (χ2n) is 11.7. The minimum atomic E-state index is 1.02. The first-order valence-electron chi connectivity index (χ1n) is 15.9. The van der Waals surface area contributed by atoms with Gasteiger partial charge in [0.05, 0.1) is 22.9 Å². The summed E-state index contributed by atoms with van der Waals surface area (Å²) < 4.78 is 4.86. The molecule has 3 heterocycles. The highest BCUT2D eigenvalue weighted by Gasteiger charge is 2.24. The van der Waals surface area contributed by atoms with Crippen molar-refractivity contribution in [3.63, 3.8) is 0 Å². The molecule has 0 radical (unpaired) electrons. The molecule has 4 nitrogen and oxygen atoms in total. The van der Waals surface area contributed by atoms with Gasteiger partial charge in [0.15, 0.2) is 0 Å². The summed E-state index contributed by atoms with van der Waals surface area (Å²) in [6.45, 7) is 0. The fourth-order valence-corrected chi connectivity index (χ4v) is 7.00. The SMILES string of the molecule is c1ccc(N(c2ccc(-c3cccc4c5c6ccccc6n(-c6ccccc6)c5n(-c5ccccc5)c34)cc2)c2cccnc2)cc1. The molecule has 0 bridgehead atoms. The summed E-state index contributed by atoms with van der Waals surface area (Å²) in [6, 6.07) is 60.3. The molecule has 0 aliphatic carbocycles. The smallest absolute Gasteiger partial charge is 0.131 e. The van der Waals surface area contributed by atoms with Gasteiger partial charge in [-0.05, 0) is 72.3 Å². The lowest BCUT2D eigenvalue weighted by Gasteiger charge is -2.25. The Bertz CT molecular complexity index is 2440. The largest absolute Gasteiger partial charge is 0.309 e. The van der Waals surface area contributed by atoms with Crippen molar-refractivity contribution < 1.29 is 0 Å². The van der Waals surface area contributed by atoms with E-state index >= 15 is 0 Å². The lowest BCUT2D eigenvalue weighted by Crippen LogP contribution is -2.09. The Morgan fingerprint density at radius 3 is 1.74 bits per heavy atom. The minimum Gasteiger partial charge on any atom is -0.309 e. The molecule has 222 valence electrons. The summed E-state index contributed by atoms with van der Waals surface area (Å²) in [6.07, 6.45) is 3.72. The highest BCUT2D eigenvalue weighted by Crippen LogP contribution is 2.44. The van der Waals surface area contributed by atoms with E-state index in [1.807, 2.05) is 24.5 Å². The van der Waals surface area contributed by atoms with Gasteiger partial charge >= 0.3 is 0 Å². The van der Waals surface area contributed by atoms with E-state index in [1.54, 1.807) is 0 Å². The lowest BCUT2D eigenvalue weighted by atomic mass is 10.0. The molecule has 3 aromatic heterocycles. The first kappa shape index (κ1) is 27.0. The van der Waals surface area contributed by atoms with Gasteiger partial charge in [0, 0.05) is 50.7 Å². The van der Waals surface area contributed by atoms with Crippen LogP contribution in [0.3, 0.4) is 0 Å². The van der Waals surface area contributed by atoms with E-state index in [4.69, 9.17) is 0 Å². The van der Waals surface area contributed by atoms with Crippen LogP contribution in [0, 0.1) is 0 Å². The number of aromatic nitrogens is 3. The molecule has 0 spiro atoms. The van der Waals surface area contributed by atoms with Gasteiger partial charge in [-0.1, -0.05) is 103 Å². The molecule has 9 rings (SSSR count). The van der Waals surface area contributed by atoms with Gasteiger partial charge in [0.1, 0.15) is 5.65 Å². The minimum absolute atomic E-state index is 1.02. The van der Waals surface area contributed by atoms with Crippen LogP contribution in [0.15, 0.2) is 182 Å². The van der Waals surface area contributed by atoms with Gasteiger partial charge in [0.2, 0.25) is 0 Å². The standard InChI is InChI=1S/C43H30N4/c1-4-14-32(15-5-1)45(36-20-13-29-44-30-36)35-27-25-31(26-28-35)37-22-12-23-39-41-38-21-10-11-24-40(38)46(33-16-6-2-7-17-33)43(41)47(42(37)39)34-18-8-3-9-19-34/h1-30H. The Labute approximate surface area is 273 Å². The molecular formula is C43H30N4. The Kier molecular flexibility index (Phi) is 6.43. The van der Waals surface area contributed by atoms with E-state index in [0.29, 0.717) is 0 Å². The number of benzene rings is 6. The number of nitrogens with zero attached hydrogens (tertiary/aromatic N) is 4. The topological polar surface area (TPSA) is 26.0 Å². The van der Waals surface area contributed by atoms with Crippen LogP contribution in [0.5, 0.6) is 0 Å². The molecular weight excluding hydrogens is 573 g/mol.